The van der Waals surface area contributed by atoms with Gasteiger partial charge in [0.05, 0.1) is 17.8 Å². The van der Waals surface area contributed by atoms with Crippen LogP contribution in [0.2, 0.25) is 0 Å². The van der Waals surface area contributed by atoms with Crippen molar-refractivity contribution in [2.24, 2.45) is 0 Å². The van der Waals surface area contributed by atoms with Crippen LogP contribution >= 0.6 is 11.3 Å². The van der Waals surface area contributed by atoms with Crippen molar-refractivity contribution in [2.45, 2.75) is 25.7 Å². The SMILES string of the molecule is C=C(C)CNc1sc(C(=O)OC)c(N)c1C1CC1. The minimum Gasteiger partial charge on any atom is -0.465 e. The Bertz CT molecular complexity index is 489. The maximum atomic E-state index is 11.6. The maximum absolute atomic E-state index is 11.6. The molecule has 4 nitrogen and oxygen atoms in total. The van der Waals surface area contributed by atoms with E-state index >= 15 is 0 Å². The van der Waals surface area contributed by atoms with Gasteiger partial charge in [0.2, 0.25) is 0 Å². The lowest BCUT2D eigenvalue weighted by atomic mass is 10.1. The number of nitrogen functional groups attached to an aromatic ring is 1. The lowest BCUT2D eigenvalue weighted by Crippen LogP contribution is -2.03. The summed E-state index contributed by atoms with van der Waals surface area (Å²) in [6.45, 7) is 6.52. The fraction of sp³-hybridized carbons (Fsp3) is 0.462. The lowest BCUT2D eigenvalue weighted by molar-refractivity contribution is 0.0607. The van der Waals surface area contributed by atoms with Crippen LogP contribution in [0.25, 0.3) is 0 Å². The van der Waals surface area contributed by atoms with Crippen LogP contribution in [0, 0.1) is 0 Å². The van der Waals surface area contributed by atoms with Crippen LogP contribution in [0.5, 0.6) is 0 Å². The van der Waals surface area contributed by atoms with Crippen LogP contribution in [0.1, 0.15) is 40.9 Å². The van der Waals surface area contributed by atoms with Gasteiger partial charge in [-0.1, -0.05) is 12.2 Å². The normalized spacial score (nSPS) is 14.3. The van der Waals surface area contributed by atoms with Gasteiger partial charge in [0.15, 0.2) is 0 Å². The van der Waals surface area contributed by atoms with Crippen molar-refractivity contribution in [3.63, 3.8) is 0 Å². The summed E-state index contributed by atoms with van der Waals surface area (Å²) in [7, 11) is 1.37. The van der Waals surface area contributed by atoms with Crippen molar-refractivity contribution >= 4 is 28.0 Å². The minimum absolute atomic E-state index is 0.359. The molecule has 2 rings (SSSR count). The van der Waals surface area contributed by atoms with Gasteiger partial charge in [0.25, 0.3) is 0 Å². The number of esters is 1. The van der Waals surface area contributed by atoms with Gasteiger partial charge in [-0.2, -0.15) is 0 Å². The van der Waals surface area contributed by atoms with Gasteiger partial charge in [-0.3, -0.25) is 0 Å². The molecule has 3 N–H and O–H groups in total. The number of hydrogen-bond acceptors (Lipinski definition) is 5. The van der Waals surface area contributed by atoms with Gasteiger partial charge < -0.3 is 15.8 Å². The third kappa shape index (κ3) is 2.51. The van der Waals surface area contributed by atoms with E-state index in [4.69, 9.17) is 10.5 Å². The van der Waals surface area contributed by atoms with Crippen molar-refractivity contribution in [3.8, 4) is 0 Å². The Morgan fingerprint density at radius 3 is 2.78 bits per heavy atom. The Morgan fingerprint density at radius 1 is 1.61 bits per heavy atom. The van der Waals surface area contributed by atoms with Crippen molar-refractivity contribution in [1.82, 2.24) is 0 Å². The van der Waals surface area contributed by atoms with Gasteiger partial charge in [0, 0.05) is 12.1 Å². The van der Waals surface area contributed by atoms with Crippen LogP contribution in [0.3, 0.4) is 0 Å². The highest BCUT2D eigenvalue weighted by Crippen LogP contribution is 2.50. The number of nitrogens with one attached hydrogen (secondary N) is 1. The van der Waals surface area contributed by atoms with Crippen molar-refractivity contribution in [2.75, 3.05) is 24.7 Å². The van der Waals surface area contributed by atoms with E-state index in [-0.39, 0.29) is 5.97 Å². The summed E-state index contributed by atoms with van der Waals surface area (Å²) in [6, 6.07) is 0. The summed E-state index contributed by atoms with van der Waals surface area (Å²) >= 11 is 1.38. The molecule has 0 aliphatic heterocycles. The predicted molar refractivity (Wildman–Crippen MR) is 75.3 cm³/mol. The zero-order chi connectivity index (χ0) is 13.3. The molecule has 0 unspecified atom stereocenters. The first kappa shape index (κ1) is 13.0. The molecule has 98 valence electrons. The third-order valence-corrected chi connectivity index (χ3v) is 4.05. The number of rotatable bonds is 5. The molecule has 0 amide bonds. The Morgan fingerprint density at radius 2 is 2.28 bits per heavy atom. The number of thiophene rings is 1. The average molecular weight is 266 g/mol. The minimum atomic E-state index is -0.359. The van der Waals surface area contributed by atoms with Gasteiger partial charge >= 0.3 is 5.97 Å². The fourth-order valence-electron chi connectivity index (χ4n) is 1.84. The third-order valence-electron chi connectivity index (χ3n) is 2.89. The van der Waals surface area contributed by atoms with E-state index in [0.717, 1.165) is 29.0 Å². The van der Waals surface area contributed by atoms with E-state index in [2.05, 4.69) is 11.9 Å². The summed E-state index contributed by atoms with van der Waals surface area (Å²) in [6.07, 6.45) is 2.28. The number of methoxy groups -OCH3 is 1. The molecule has 1 saturated carbocycles. The van der Waals surface area contributed by atoms with E-state index < -0.39 is 0 Å². The molecule has 1 aromatic heterocycles. The molecule has 0 aromatic carbocycles. The molecule has 1 aliphatic carbocycles. The molecule has 0 bridgehead atoms. The molecule has 18 heavy (non-hydrogen) atoms. The molecular formula is C13H18N2O2S. The lowest BCUT2D eigenvalue weighted by Gasteiger charge is -2.06. The summed E-state index contributed by atoms with van der Waals surface area (Å²) in [4.78, 5) is 12.1. The first-order chi connectivity index (χ1) is 8.54. The molecule has 0 atom stereocenters. The highest BCUT2D eigenvalue weighted by Gasteiger charge is 2.33. The number of hydrogen-bond donors (Lipinski definition) is 2. The van der Waals surface area contributed by atoms with Crippen molar-refractivity contribution in [3.05, 3.63) is 22.6 Å². The van der Waals surface area contributed by atoms with E-state index in [9.17, 15) is 4.79 Å². The smallest absolute Gasteiger partial charge is 0.350 e. The predicted octanol–water partition coefficient (Wildman–Crippen LogP) is 2.98. The molecule has 1 aromatic rings. The summed E-state index contributed by atoms with van der Waals surface area (Å²) < 4.78 is 4.76. The van der Waals surface area contributed by atoms with Gasteiger partial charge in [-0.15, -0.1) is 11.3 Å². The second kappa shape index (κ2) is 5.02. The Balaban J connectivity index is 2.31. The van der Waals surface area contributed by atoms with Crippen LogP contribution in [-0.4, -0.2) is 19.6 Å². The number of ether oxygens (including phenoxy) is 1. The second-order valence-electron chi connectivity index (χ2n) is 4.66. The van der Waals surface area contributed by atoms with Crippen LogP contribution < -0.4 is 11.1 Å². The zero-order valence-electron chi connectivity index (χ0n) is 10.7. The van der Waals surface area contributed by atoms with Crippen molar-refractivity contribution in [1.29, 1.82) is 0 Å². The quantitative estimate of drug-likeness (QED) is 0.635. The molecule has 1 heterocycles. The molecule has 1 fully saturated rings. The van der Waals surface area contributed by atoms with Gasteiger partial charge in [-0.05, 0) is 25.7 Å². The maximum Gasteiger partial charge on any atom is 0.350 e. The Labute approximate surface area is 111 Å². The highest BCUT2D eigenvalue weighted by atomic mass is 32.1. The number of carbonyl (C=O) groups is 1. The van der Waals surface area contributed by atoms with Crippen LogP contribution in [0.15, 0.2) is 12.2 Å². The molecule has 0 radical (unpaired) electrons. The van der Waals surface area contributed by atoms with E-state index in [1.807, 2.05) is 6.92 Å². The average Bonchev–Trinajstić information content (AvgIpc) is 3.10. The Kier molecular flexibility index (Phi) is 3.61. The molecule has 5 heteroatoms. The van der Waals surface area contributed by atoms with Gasteiger partial charge in [0.1, 0.15) is 4.88 Å². The van der Waals surface area contributed by atoms with E-state index in [0.29, 0.717) is 23.0 Å². The number of carbonyl (C=O) groups excluding carboxylic acids is 1. The summed E-state index contributed by atoms with van der Waals surface area (Å²) in [5.41, 5.74) is 8.79. The van der Waals surface area contributed by atoms with Gasteiger partial charge in [-0.25, -0.2) is 4.79 Å². The fourth-order valence-corrected chi connectivity index (χ4v) is 2.96. The first-order valence-electron chi connectivity index (χ1n) is 5.93. The first-order valence-corrected chi connectivity index (χ1v) is 6.75. The standard InChI is InChI=1S/C13H18N2O2S/c1-7(2)6-15-12-9(8-4-5-8)10(14)11(18-12)13(16)17-3/h8,15H,1,4-6,14H2,2-3H3. The monoisotopic (exact) mass is 266 g/mol. The summed E-state index contributed by atoms with van der Waals surface area (Å²) in [5, 5.41) is 4.29. The van der Waals surface area contributed by atoms with Crippen molar-refractivity contribution < 1.29 is 9.53 Å². The zero-order valence-corrected chi connectivity index (χ0v) is 11.5. The van der Waals surface area contributed by atoms with Crippen LogP contribution in [0.4, 0.5) is 10.7 Å². The summed E-state index contributed by atoms with van der Waals surface area (Å²) in [5.74, 6) is 0.134. The molecular weight excluding hydrogens is 248 g/mol. The molecule has 0 spiro atoms. The highest BCUT2D eigenvalue weighted by molar-refractivity contribution is 7.18. The second-order valence-corrected chi connectivity index (χ2v) is 5.68. The number of nitrogens with two attached hydrogens (primary N) is 1. The molecule has 1 aliphatic rings. The largest absolute Gasteiger partial charge is 0.465 e. The Hall–Kier alpha value is -1.49. The topological polar surface area (TPSA) is 64.3 Å². The van der Waals surface area contributed by atoms with E-state index in [1.165, 1.54) is 18.4 Å². The van der Waals surface area contributed by atoms with Crippen LogP contribution in [-0.2, 0) is 4.74 Å². The number of anilines is 2. The molecule has 0 saturated heterocycles. The van der Waals surface area contributed by atoms with E-state index in [1.54, 1.807) is 0 Å².